The molecular formula is C15H20F3NO. The predicted molar refractivity (Wildman–Crippen MR) is 71.5 cm³/mol. The fraction of sp³-hybridized carbons (Fsp3) is 0.600. The number of rotatable bonds is 6. The maximum Gasteiger partial charge on any atom is 0.573 e. The molecule has 1 saturated carbocycles. The van der Waals surface area contributed by atoms with Gasteiger partial charge in [-0.2, -0.15) is 0 Å². The Morgan fingerprint density at radius 2 is 1.90 bits per heavy atom. The van der Waals surface area contributed by atoms with E-state index < -0.39 is 6.36 Å². The first kappa shape index (κ1) is 15.2. The second-order valence-electron chi connectivity index (χ2n) is 5.24. The van der Waals surface area contributed by atoms with Gasteiger partial charge in [-0.15, -0.1) is 13.2 Å². The molecule has 0 aromatic heterocycles. The summed E-state index contributed by atoms with van der Waals surface area (Å²) in [5, 5.41) is 3.49. The quantitative estimate of drug-likeness (QED) is 0.836. The Morgan fingerprint density at radius 1 is 1.25 bits per heavy atom. The van der Waals surface area contributed by atoms with Gasteiger partial charge in [0, 0.05) is 6.04 Å². The third-order valence-corrected chi connectivity index (χ3v) is 3.71. The first-order chi connectivity index (χ1) is 9.49. The van der Waals surface area contributed by atoms with E-state index in [9.17, 15) is 13.2 Å². The van der Waals surface area contributed by atoms with Crippen molar-refractivity contribution in [3.63, 3.8) is 0 Å². The summed E-state index contributed by atoms with van der Waals surface area (Å²) in [6.45, 7) is 3.02. The molecule has 0 saturated heterocycles. The average Bonchev–Trinajstić information content (AvgIpc) is 2.31. The third-order valence-electron chi connectivity index (χ3n) is 3.71. The van der Waals surface area contributed by atoms with Crippen LogP contribution in [0.5, 0.6) is 5.75 Å². The van der Waals surface area contributed by atoms with Gasteiger partial charge in [0.15, 0.2) is 0 Å². The molecule has 0 radical (unpaired) electrons. The van der Waals surface area contributed by atoms with E-state index in [0.29, 0.717) is 5.92 Å². The minimum atomic E-state index is -4.63. The van der Waals surface area contributed by atoms with Crippen LogP contribution in [0.4, 0.5) is 13.2 Å². The summed E-state index contributed by atoms with van der Waals surface area (Å²) in [7, 11) is 0. The van der Waals surface area contributed by atoms with Gasteiger partial charge >= 0.3 is 6.36 Å². The van der Waals surface area contributed by atoms with Gasteiger partial charge in [-0.1, -0.05) is 25.5 Å². The van der Waals surface area contributed by atoms with Gasteiger partial charge < -0.3 is 10.1 Å². The monoisotopic (exact) mass is 287 g/mol. The fourth-order valence-corrected chi connectivity index (χ4v) is 2.51. The second kappa shape index (κ2) is 6.48. The van der Waals surface area contributed by atoms with E-state index in [4.69, 9.17) is 0 Å². The van der Waals surface area contributed by atoms with Gasteiger partial charge in [-0.3, -0.25) is 0 Å². The van der Waals surface area contributed by atoms with Crippen molar-refractivity contribution in [3.05, 3.63) is 29.8 Å². The van der Waals surface area contributed by atoms with E-state index in [0.717, 1.165) is 18.5 Å². The highest BCUT2D eigenvalue weighted by Crippen LogP contribution is 2.38. The molecule has 1 aliphatic carbocycles. The third kappa shape index (κ3) is 4.13. The summed E-state index contributed by atoms with van der Waals surface area (Å²) in [4.78, 5) is 0. The number of nitrogens with one attached hydrogen (secondary N) is 1. The van der Waals surface area contributed by atoms with Crippen LogP contribution in [-0.2, 0) is 0 Å². The Balaban J connectivity index is 2.05. The molecule has 0 spiro atoms. The normalized spacial score (nSPS) is 17.6. The maximum atomic E-state index is 12.1. The number of hydrogen-bond acceptors (Lipinski definition) is 2. The number of hydrogen-bond donors (Lipinski definition) is 1. The minimum absolute atomic E-state index is 0.163. The molecule has 2 nitrogen and oxygen atoms in total. The van der Waals surface area contributed by atoms with Crippen LogP contribution >= 0.6 is 0 Å². The van der Waals surface area contributed by atoms with E-state index in [1.165, 1.54) is 31.4 Å². The van der Waals surface area contributed by atoms with Crippen LogP contribution in [0.2, 0.25) is 0 Å². The molecule has 1 aromatic rings. The van der Waals surface area contributed by atoms with Crippen LogP contribution in [-0.4, -0.2) is 12.9 Å². The largest absolute Gasteiger partial charge is 0.573 e. The molecule has 1 atom stereocenters. The molecule has 0 bridgehead atoms. The molecule has 0 amide bonds. The molecule has 20 heavy (non-hydrogen) atoms. The van der Waals surface area contributed by atoms with E-state index in [1.54, 1.807) is 12.1 Å². The first-order valence-corrected chi connectivity index (χ1v) is 7.08. The molecule has 112 valence electrons. The number of halogens is 3. The van der Waals surface area contributed by atoms with Gasteiger partial charge in [-0.25, -0.2) is 0 Å². The summed E-state index contributed by atoms with van der Waals surface area (Å²) in [5.74, 6) is 0.431. The van der Waals surface area contributed by atoms with Gasteiger partial charge in [0.05, 0.1) is 0 Å². The van der Waals surface area contributed by atoms with Crippen LogP contribution < -0.4 is 10.1 Å². The van der Waals surface area contributed by atoms with E-state index in [-0.39, 0.29) is 11.8 Å². The fourth-order valence-electron chi connectivity index (χ4n) is 2.51. The van der Waals surface area contributed by atoms with E-state index in [1.807, 2.05) is 0 Å². The maximum absolute atomic E-state index is 12.1. The standard InChI is InChI=1S/C15H20F3NO/c1-2-10-19-14(11-4-3-5-11)12-6-8-13(9-7-12)20-15(16,17)18/h6-9,11,14,19H,2-5,10H2,1H3. The lowest BCUT2D eigenvalue weighted by atomic mass is 9.77. The van der Waals surface area contributed by atoms with E-state index in [2.05, 4.69) is 17.0 Å². The zero-order valence-electron chi connectivity index (χ0n) is 11.5. The number of alkyl halides is 3. The summed E-state index contributed by atoms with van der Waals surface area (Å²) < 4.78 is 40.3. The lowest BCUT2D eigenvalue weighted by molar-refractivity contribution is -0.274. The first-order valence-electron chi connectivity index (χ1n) is 7.08. The zero-order valence-corrected chi connectivity index (χ0v) is 11.5. The Bertz CT molecular complexity index is 412. The lowest BCUT2D eigenvalue weighted by Crippen LogP contribution is -2.32. The molecule has 1 unspecified atom stereocenters. The van der Waals surface area contributed by atoms with Crippen LogP contribution in [0, 0.1) is 5.92 Å². The molecule has 1 N–H and O–H groups in total. The molecule has 1 aromatic carbocycles. The molecular weight excluding hydrogens is 267 g/mol. The van der Waals surface area contributed by atoms with Crippen molar-refractivity contribution in [2.75, 3.05) is 6.54 Å². The highest BCUT2D eigenvalue weighted by molar-refractivity contribution is 5.30. The summed E-state index contributed by atoms with van der Waals surface area (Å²) in [6, 6.07) is 6.48. The SMILES string of the molecule is CCCNC(c1ccc(OC(F)(F)F)cc1)C1CCC1. The van der Waals surface area contributed by atoms with Crippen molar-refractivity contribution in [2.24, 2.45) is 5.92 Å². The highest BCUT2D eigenvalue weighted by atomic mass is 19.4. The predicted octanol–water partition coefficient (Wildman–Crippen LogP) is 4.43. The van der Waals surface area contributed by atoms with Crippen LogP contribution in [0.15, 0.2) is 24.3 Å². The van der Waals surface area contributed by atoms with Crippen molar-refractivity contribution in [2.45, 2.75) is 45.0 Å². The minimum Gasteiger partial charge on any atom is -0.406 e. The van der Waals surface area contributed by atoms with Crippen LogP contribution in [0.3, 0.4) is 0 Å². The average molecular weight is 287 g/mol. The Hall–Kier alpha value is -1.23. The smallest absolute Gasteiger partial charge is 0.406 e. The molecule has 0 aliphatic heterocycles. The van der Waals surface area contributed by atoms with Crippen molar-refractivity contribution in [1.82, 2.24) is 5.32 Å². The topological polar surface area (TPSA) is 21.3 Å². The molecule has 0 heterocycles. The van der Waals surface area contributed by atoms with Crippen molar-refractivity contribution < 1.29 is 17.9 Å². The van der Waals surface area contributed by atoms with Crippen molar-refractivity contribution in [3.8, 4) is 5.75 Å². The summed E-state index contributed by atoms with van der Waals surface area (Å²) in [5.41, 5.74) is 1.04. The molecule has 1 fully saturated rings. The zero-order chi connectivity index (χ0) is 14.6. The summed E-state index contributed by atoms with van der Waals surface area (Å²) >= 11 is 0. The number of ether oxygens (including phenoxy) is 1. The van der Waals surface area contributed by atoms with Gasteiger partial charge in [-0.05, 0) is 49.4 Å². The summed E-state index contributed by atoms with van der Waals surface area (Å²) in [6.07, 6.45) is 0.0163. The van der Waals surface area contributed by atoms with Crippen molar-refractivity contribution >= 4 is 0 Å². The Morgan fingerprint density at radius 3 is 2.35 bits per heavy atom. The number of benzene rings is 1. The van der Waals surface area contributed by atoms with E-state index >= 15 is 0 Å². The Labute approximate surface area is 117 Å². The second-order valence-corrected chi connectivity index (χ2v) is 5.24. The lowest BCUT2D eigenvalue weighted by Gasteiger charge is -2.35. The van der Waals surface area contributed by atoms with Gasteiger partial charge in [0.25, 0.3) is 0 Å². The van der Waals surface area contributed by atoms with Gasteiger partial charge in [0.2, 0.25) is 0 Å². The van der Waals surface area contributed by atoms with Crippen molar-refractivity contribution in [1.29, 1.82) is 0 Å². The highest BCUT2D eigenvalue weighted by Gasteiger charge is 2.31. The molecule has 2 rings (SSSR count). The molecule has 1 aliphatic rings. The Kier molecular flexibility index (Phi) is 4.91. The van der Waals surface area contributed by atoms with Crippen LogP contribution in [0.25, 0.3) is 0 Å². The molecule has 5 heteroatoms. The van der Waals surface area contributed by atoms with Crippen LogP contribution in [0.1, 0.15) is 44.2 Å². The van der Waals surface area contributed by atoms with Gasteiger partial charge in [0.1, 0.15) is 5.75 Å².